The molecule has 1 aromatic rings. The minimum Gasteiger partial charge on any atom is -0.299 e. The number of aromatic nitrogens is 1. The molecule has 34 heavy (non-hydrogen) atoms. The fraction of sp³-hybridized carbons (Fsp3) is 0.517. The summed E-state index contributed by atoms with van der Waals surface area (Å²) in [6, 6.07) is 1.73. The van der Waals surface area contributed by atoms with Gasteiger partial charge in [0.1, 0.15) is 17.8 Å². The first kappa shape index (κ1) is 33.7. The highest BCUT2D eigenvalue weighted by atomic mass is 19.1. The number of pyridine rings is 1. The third-order valence-electron chi connectivity index (χ3n) is 4.94. The Balaban J connectivity index is 0. The Hall–Kier alpha value is -2.43. The van der Waals surface area contributed by atoms with Crippen molar-refractivity contribution in [3.63, 3.8) is 0 Å². The van der Waals surface area contributed by atoms with Crippen LogP contribution in [0, 0.1) is 12.8 Å². The van der Waals surface area contributed by atoms with E-state index in [0.717, 1.165) is 29.8 Å². The fourth-order valence-corrected chi connectivity index (χ4v) is 2.73. The van der Waals surface area contributed by atoms with Crippen LogP contribution in [0.2, 0.25) is 0 Å². The van der Waals surface area contributed by atoms with E-state index in [4.69, 9.17) is 0 Å². The van der Waals surface area contributed by atoms with E-state index < -0.39 is 12.0 Å². The Morgan fingerprint density at radius 2 is 1.76 bits per heavy atom. The van der Waals surface area contributed by atoms with Crippen molar-refractivity contribution in [1.29, 1.82) is 0 Å². The van der Waals surface area contributed by atoms with Crippen LogP contribution in [0.1, 0.15) is 97.4 Å². The first-order valence-corrected chi connectivity index (χ1v) is 12.2. The summed E-state index contributed by atoms with van der Waals surface area (Å²) in [6.07, 6.45) is 12.9. The SMILES string of the molecule is C/C=C\c1ncc(C(=C/C=C\F)/C(F)=C/C(C)F)cc1C.CCC(=O)C(C)CC.CCCCC. The molecule has 2 atom stereocenters. The highest BCUT2D eigenvalue weighted by Crippen LogP contribution is 2.26. The number of ketones is 1. The summed E-state index contributed by atoms with van der Waals surface area (Å²) in [6.45, 7) is 15.3. The molecule has 0 radical (unpaired) electrons. The molecule has 2 unspecified atom stereocenters. The van der Waals surface area contributed by atoms with E-state index in [-0.39, 0.29) is 11.5 Å². The lowest BCUT2D eigenvalue weighted by Gasteiger charge is -2.08. The lowest BCUT2D eigenvalue weighted by atomic mass is 10.0. The molecule has 0 N–H and O–H groups in total. The van der Waals surface area contributed by atoms with Crippen molar-refractivity contribution in [2.45, 2.75) is 93.7 Å². The maximum atomic E-state index is 14.1. The standard InChI is InChI=1S/C17H18F3N.C7H14O.C5H12/c1-4-6-17-12(2)9-14(11-21-17)15(7-5-8-18)16(20)10-13(3)19;1-4-6(3)7(8)5-2;1-3-5-4-2/h4-11,13H,1-3H3;6H,4-5H2,1-3H3;3-5H2,1-2H3/b6-4-,8-5-,15-7-,16-10-;;. The van der Waals surface area contributed by atoms with Crippen LogP contribution in [0.4, 0.5) is 13.2 Å². The van der Waals surface area contributed by atoms with Gasteiger partial charge in [-0.3, -0.25) is 9.78 Å². The quantitative estimate of drug-likeness (QED) is 0.313. The molecular weight excluding hydrogens is 435 g/mol. The van der Waals surface area contributed by atoms with E-state index in [2.05, 4.69) is 18.8 Å². The molecule has 5 heteroatoms. The maximum absolute atomic E-state index is 14.1. The van der Waals surface area contributed by atoms with E-state index in [0.29, 0.717) is 24.1 Å². The van der Waals surface area contributed by atoms with Gasteiger partial charge in [-0.1, -0.05) is 60.0 Å². The number of nitrogens with zero attached hydrogens (tertiary/aromatic N) is 1. The summed E-state index contributed by atoms with van der Waals surface area (Å²) < 4.78 is 39.2. The van der Waals surface area contributed by atoms with E-state index in [9.17, 15) is 18.0 Å². The van der Waals surface area contributed by atoms with Crippen LogP contribution >= 0.6 is 0 Å². The summed E-state index contributed by atoms with van der Waals surface area (Å²) in [5.41, 5.74) is 2.18. The molecule has 0 aromatic carbocycles. The fourth-order valence-electron chi connectivity index (χ4n) is 2.73. The zero-order valence-corrected chi connectivity index (χ0v) is 22.3. The molecule has 0 amide bonds. The number of carbonyl (C=O) groups is 1. The van der Waals surface area contributed by atoms with Crippen LogP contribution in [0.5, 0.6) is 0 Å². The third kappa shape index (κ3) is 15.4. The lowest BCUT2D eigenvalue weighted by molar-refractivity contribution is -0.122. The van der Waals surface area contributed by atoms with Gasteiger partial charge < -0.3 is 0 Å². The lowest BCUT2D eigenvalue weighted by Crippen LogP contribution is -2.06. The summed E-state index contributed by atoms with van der Waals surface area (Å²) in [7, 11) is 0. The number of alkyl halides is 1. The molecule has 0 spiro atoms. The Morgan fingerprint density at radius 1 is 1.15 bits per heavy atom. The second kappa shape index (κ2) is 21.1. The number of Topliss-reactive ketones (excluding diaryl/α,β-unsaturated/α-hetero) is 1. The molecular formula is C29H44F3NO. The van der Waals surface area contributed by atoms with E-state index in [1.807, 2.05) is 46.8 Å². The van der Waals surface area contributed by atoms with Gasteiger partial charge in [0, 0.05) is 29.7 Å². The van der Waals surface area contributed by atoms with Crippen LogP contribution in [-0.4, -0.2) is 16.9 Å². The van der Waals surface area contributed by atoms with Crippen molar-refractivity contribution in [2.24, 2.45) is 5.92 Å². The van der Waals surface area contributed by atoms with Crippen LogP contribution in [0.15, 0.2) is 48.7 Å². The zero-order valence-electron chi connectivity index (χ0n) is 22.3. The van der Waals surface area contributed by atoms with Gasteiger partial charge in [-0.15, -0.1) is 0 Å². The molecule has 0 saturated carbocycles. The van der Waals surface area contributed by atoms with Gasteiger partial charge in [0.2, 0.25) is 0 Å². The van der Waals surface area contributed by atoms with Gasteiger partial charge in [-0.25, -0.2) is 13.2 Å². The number of halogens is 3. The van der Waals surface area contributed by atoms with Crippen molar-refractivity contribution in [1.82, 2.24) is 4.98 Å². The Labute approximate surface area is 205 Å². The summed E-state index contributed by atoms with van der Waals surface area (Å²) >= 11 is 0. The number of carbonyl (C=O) groups excluding carboxylic acids is 1. The number of hydrogen-bond acceptors (Lipinski definition) is 2. The second-order valence-corrected chi connectivity index (χ2v) is 8.00. The average Bonchev–Trinajstić information content (AvgIpc) is 2.81. The minimum atomic E-state index is -1.43. The Bertz CT molecular complexity index is 806. The number of unbranched alkanes of at least 4 members (excludes halogenated alkanes) is 2. The highest BCUT2D eigenvalue weighted by Gasteiger charge is 2.11. The van der Waals surface area contributed by atoms with Crippen molar-refractivity contribution in [2.75, 3.05) is 0 Å². The smallest absolute Gasteiger partial charge is 0.135 e. The Morgan fingerprint density at radius 3 is 2.12 bits per heavy atom. The van der Waals surface area contributed by atoms with E-state index >= 15 is 0 Å². The predicted molar refractivity (Wildman–Crippen MR) is 142 cm³/mol. The molecule has 0 fully saturated rings. The highest BCUT2D eigenvalue weighted by molar-refractivity contribution is 5.80. The van der Waals surface area contributed by atoms with E-state index in [1.165, 1.54) is 38.5 Å². The molecule has 1 aromatic heterocycles. The molecule has 192 valence electrons. The number of rotatable bonds is 10. The van der Waals surface area contributed by atoms with Crippen molar-refractivity contribution >= 4 is 17.4 Å². The van der Waals surface area contributed by atoms with Gasteiger partial charge in [-0.2, -0.15) is 0 Å². The number of aryl methyl sites for hydroxylation is 1. The van der Waals surface area contributed by atoms with Gasteiger partial charge in [0.25, 0.3) is 0 Å². The Kier molecular flexibility index (Phi) is 21.0. The first-order chi connectivity index (χ1) is 16.1. The van der Waals surface area contributed by atoms with E-state index in [1.54, 1.807) is 6.07 Å². The second-order valence-electron chi connectivity index (χ2n) is 8.00. The predicted octanol–water partition coefficient (Wildman–Crippen LogP) is 9.71. The monoisotopic (exact) mass is 479 g/mol. The first-order valence-electron chi connectivity index (χ1n) is 12.2. The van der Waals surface area contributed by atoms with Gasteiger partial charge in [0.15, 0.2) is 0 Å². The van der Waals surface area contributed by atoms with Crippen molar-refractivity contribution in [3.05, 3.63) is 65.5 Å². The molecule has 0 aliphatic heterocycles. The number of hydrogen-bond donors (Lipinski definition) is 0. The maximum Gasteiger partial charge on any atom is 0.135 e. The van der Waals surface area contributed by atoms with Crippen LogP contribution in [-0.2, 0) is 4.79 Å². The normalized spacial score (nSPS) is 13.7. The van der Waals surface area contributed by atoms with Gasteiger partial charge in [-0.05, 0) is 63.1 Å². The molecule has 1 heterocycles. The van der Waals surface area contributed by atoms with Gasteiger partial charge >= 0.3 is 0 Å². The molecule has 1 rings (SSSR count). The van der Waals surface area contributed by atoms with Gasteiger partial charge in [0.05, 0.1) is 12.0 Å². The summed E-state index contributed by atoms with van der Waals surface area (Å²) in [4.78, 5) is 15.0. The minimum absolute atomic E-state index is 0.0935. The van der Waals surface area contributed by atoms with Crippen LogP contribution in [0.25, 0.3) is 11.6 Å². The van der Waals surface area contributed by atoms with Crippen LogP contribution in [0.3, 0.4) is 0 Å². The average molecular weight is 480 g/mol. The molecule has 0 bridgehead atoms. The molecule has 0 aliphatic carbocycles. The zero-order chi connectivity index (χ0) is 26.5. The van der Waals surface area contributed by atoms with Crippen molar-refractivity contribution < 1.29 is 18.0 Å². The number of allylic oxidation sites excluding steroid dienone is 6. The summed E-state index contributed by atoms with van der Waals surface area (Å²) in [5, 5.41) is 0. The third-order valence-corrected chi connectivity index (χ3v) is 4.94. The molecule has 0 aliphatic rings. The van der Waals surface area contributed by atoms with Crippen molar-refractivity contribution in [3.8, 4) is 0 Å². The molecule has 0 saturated heterocycles. The largest absolute Gasteiger partial charge is 0.299 e. The topological polar surface area (TPSA) is 30.0 Å². The summed E-state index contributed by atoms with van der Waals surface area (Å²) in [5.74, 6) is -0.0874. The van der Waals surface area contributed by atoms with Crippen LogP contribution < -0.4 is 0 Å². The molecule has 2 nitrogen and oxygen atoms in total.